The van der Waals surface area contributed by atoms with Crippen LogP contribution in [0.3, 0.4) is 0 Å². The lowest BCUT2D eigenvalue weighted by Gasteiger charge is -2.39. The second-order valence-electron chi connectivity index (χ2n) is 11.6. The Hall–Kier alpha value is -2.07. The maximum absolute atomic E-state index is 11.4. The topological polar surface area (TPSA) is 49.8 Å². The van der Waals surface area contributed by atoms with Crippen LogP contribution in [0, 0.1) is 23.2 Å². The summed E-state index contributed by atoms with van der Waals surface area (Å²) in [7, 11) is 0. The molecule has 1 saturated heterocycles. The summed E-state index contributed by atoms with van der Waals surface area (Å²) in [5.41, 5.74) is 1.74. The second-order valence-corrected chi connectivity index (χ2v) is 11.6. The van der Waals surface area contributed by atoms with Crippen LogP contribution < -0.4 is 4.74 Å². The number of rotatable bonds is 8. The molecule has 1 N–H and O–H groups in total. The molecule has 34 heavy (non-hydrogen) atoms. The van der Waals surface area contributed by atoms with Gasteiger partial charge in [-0.05, 0) is 96.9 Å². The summed E-state index contributed by atoms with van der Waals surface area (Å²) < 4.78 is 6.42. The molecule has 2 aromatic carbocycles. The maximum Gasteiger partial charge on any atom is 0.306 e. The highest BCUT2D eigenvalue weighted by Crippen LogP contribution is 2.42. The van der Waals surface area contributed by atoms with Gasteiger partial charge in [-0.3, -0.25) is 9.69 Å². The summed E-state index contributed by atoms with van der Waals surface area (Å²) >= 11 is 0. The van der Waals surface area contributed by atoms with Crippen molar-refractivity contribution in [1.82, 2.24) is 4.90 Å². The summed E-state index contributed by atoms with van der Waals surface area (Å²) in [4.78, 5) is 13.8. The molecule has 4 heteroatoms. The smallest absolute Gasteiger partial charge is 0.306 e. The Morgan fingerprint density at radius 3 is 2.44 bits per heavy atom. The zero-order chi connectivity index (χ0) is 24.3. The molecule has 1 aliphatic carbocycles. The third-order valence-corrected chi connectivity index (χ3v) is 8.57. The molecule has 0 radical (unpaired) electrons. The van der Waals surface area contributed by atoms with E-state index in [2.05, 4.69) is 69.0 Å². The number of benzene rings is 2. The van der Waals surface area contributed by atoms with E-state index in [1.807, 2.05) is 0 Å². The van der Waals surface area contributed by atoms with Crippen molar-refractivity contribution in [3.8, 4) is 5.75 Å². The average Bonchev–Trinajstić information content (AvgIpc) is 2.79. The van der Waals surface area contributed by atoms with Crippen LogP contribution in [0.15, 0.2) is 36.4 Å². The Bertz CT molecular complexity index is 976. The van der Waals surface area contributed by atoms with E-state index in [0.29, 0.717) is 11.5 Å². The number of carboxylic acids is 1. The highest BCUT2D eigenvalue weighted by molar-refractivity contribution is 5.84. The molecule has 2 unspecified atom stereocenters. The Balaban J connectivity index is 1.33. The van der Waals surface area contributed by atoms with E-state index in [1.54, 1.807) is 0 Å². The van der Waals surface area contributed by atoms with E-state index in [0.717, 1.165) is 50.6 Å². The Labute approximate surface area is 205 Å². The second kappa shape index (κ2) is 10.7. The quantitative estimate of drug-likeness (QED) is 0.450. The number of likely N-dealkylation sites (tertiary alicyclic amines) is 1. The summed E-state index contributed by atoms with van der Waals surface area (Å²) in [6.07, 6.45) is 8.52. The van der Waals surface area contributed by atoms with Gasteiger partial charge in [0.1, 0.15) is 5.75 Å². The van der Waals surface area contributed by atoms with Gasteiger partial charge in [0.2, 0.25) is 0 Å². The standard InChI is InChI=1S/C30H43NO3/c1-5-15-30(3,4)25-9-12-26(13-10-25)34-27-11-8-23-17-22(6-7-24(23)18-27)20-31-16-14-28(29(32)33)21(2)19-31/h6-8,11,17-18,21,25-26,28H,5,9-10,12-16,19-20H2,1-4H3,(H,32,33). The molecule has 0 bridgehead atoms. The van der Waals surface area contributed by atoms with Crippen LogP contribution in [0.4, 0.5) is 0 Å². The summed E-state index contributed by atoms with van der Waals surface area (Å²) in [6, 6.07) is 13.2. The van der Waals surface area contributed by atoms with E-state index in [4.69, 9.17) is 4.74 Å². The van der Waals surface area contributed by atoms with Crippen molar-refractivity contribution < 1.29 is 14.6 Å². The van der Waals surface area contributed by atoms with Gasteiger partial charge in [-0.25, -0.2) is 0 Å². The van der Waals surface area contributed by atoms with E-state index < -0.39 is 5.97 Å². The average molecular weight is 466 g/mol. The minimum Gasteiger partial charge on any atom is -0.490 e. The lowest BCUT2D eigenvalue weighted by molar-refractivity contribution is -0.145. The van der Waals surface area contributed by atoms with Crippen molar-refractivity contribution >= 4 is 16.7 Å². The van der Waals surface area contributed by atoms with E-state index in [1.165, 1.54) is 42.0 Å². The van der Waals surface area contributed by atoms with Crippen LogP contribution in [-0.4, -0.2) is 35.2 Å². The van der Waals surface area contributed by atoms with Gasteiger partial charge in [0.15, 0.2) is 0 Å². The van der Waals surface area contributed by atoms with Gasteiger partial charge in [0.25, 0.3) is 0 Å². The third-order valence-electron chi connectivity index (χ3n) is 8.57. The number of carbonyl (C=O) groups is 1. The fraction of sp³-hybridized carbons (Fsp3) is 0.633. The van der Waals surface area contributed by atoms with Crippen molar-refractivity contribution in [1.29, 1.82) is 0 Å². The molecule has 0 spiro atoms. The van der Waals surface area contributed by atoms with Crippen LogP contribution >= 0.6 is 0 Å². The van der Waals surface area contributed by atoms with Crippen LogP contribution in [0.25, 0.3) is 10.8 Å². The fourth-order valence-electron chi connectivity index (χ4n) is 6.45. The molecule has 0 aromatic heterocycles. The van der Waals surface area contributed by atoms with Crippen LogP contribution in [0.1, 0.15) is 78.2 Å². The number of hydrogen-bond acceptors (Lipinski definition) is 3. The van der Waals surface area contributed by atoms with Gasteiger partial charge in [0.05, 0.1) is 12.0 Å². The summed E-state index contributed by atoms with van der Waals surface area (Å²) in [6.45, 7) is 11.8. The number of piperidine rings is 1. The lowest BCUT2D eigenvalue weighted by atomic mass is 9.68. The largest absolute Gasteiger partial charge is 0.490 e. The van der Waals surface area contributed by atoms with Crippen molar-refractivity contribution in [2.45, 2.75) is 85.3 Å². The molecule has 1 heterocycles. The van der Waals surface area contributed by atoms with E-state index in [-0.39, 0.29) is 11.8 Å². The van der Waals surface area contributed by atoms with Gasteiger partial charge in [-0.2, -0.15) is 0 Å². The summed E-state index contributed by atoms with van der Waals surface area (Å²) in [5, 5.41) is 11.8. The molecule has 4 rings (SSSR count). The Morgan fingerprint density at radius 2 is 1.76 bits per heavy atom. The monoisotopic (exact) mass is 465 g/mol. The fourth-order valence-corrected chi connectivity index (χ4v) is 6.45. The van der Waals surface area contributed by atoms with Crippen molar-refractivity contribution in [2.24, 2.45) is 23.2 Å². The SMILES string of the molecule is CCCC(C)(C)C1CCC(Oc2ccc3cc(CN4CCC(C(=O)O)C(C)C4)ccc3c2)CC1. The molecule has 2 aliphatic rings. The molecule has 1 saturated carbocycles. The van der Waals surface area contributed by atoms with Gasteiger partial charge >= 0.3 is 5.97 Å². The summed E-state index contributed by atoms with van der Waals surface area (Å²) in [5.74, 6) is 1.15. The molecular formula is C30H43NO3. The molecular weight excluding hydrogens is 422 g/mol. The first-order valence-corrected chi connectivity index (χ1v) is 13.4. The number of carboxylic acid groups (broad SMARTS) is 1. The van der Waals surface area contributed by atoms with Gasteiger partial charge in [0, 0.05) is 13.1 Å². The Kier molecular flexibility index (Phi) is 7.87. The molecule has 4 nitrogen and oxygen atoms in total. The van der Waals surface area contributed by atoms with Crippen LogP contribution in [-0.2, 0) is 11.3 Å². The highest BCUT2D eigenvalue weighted by Gasteiger charge is 2.33. The third kappa shape index (κ3) is 5.94. The minimum atomic E-state index is -0.649. The molecule has 186 valence electrons. The molecule has 0 amide bonds. The van der Waals surface area contributed by atoms with E-state index >= 15 is 0 Å². The molecule has 2 fully saturated rings. The number of aliphatic carboxylic acids is 1. The first-order chi connectivity index (χ1) is 16.2. The van der Waals surface area contributed by atoms with Gasteiger partial charge in [-0.15, -0.1) is 0 Å². The van der Waals surface area contributed by atoms with Gasteiger partial charge in [-0.1, -0.05) is 52.3 Å². The van der Waals surface area contributed by atoms with Crippen LogP contribution in [0.5, 0.6) is 5.75 Å². The minimum absolute atomic E-state index is 0.194. The van der Waals surface area contributed by atoms with Crippen molar-refractivity contribution in [3.63, 3.8) is 0 Å². The first kappa shape index (κ1) is 25.0. The number of ether oxygens (including phenoxy) is 1. The van der Waals surface area contributed by atoms with Gasteiger partial charge < -0.3 is 9.84 Å². The molecule has 1 aliphatic heterocycles. The predicted molar refractivity (Wildman–Crippen MR) is 139 cm³/mol. The first-order valence-electron chi connectivity index (χ1n) is 13.4. The lowest BCUT2D eigenvalue weighted by Crippen LogP contribution is -2.41. The number of nitrogens with zero attached hydrogens (tertiary/aromatic N) is 1. The molecule has 2 aromatic rings. The Morgan fingerprint density at radius 1 is 1.06 bits per heavy atom. The normalized spacial score (nSPS) is 26.5. The maximum atomic E-state index is 11.4. The van der Waals surface area contributed by atoms with Crippen molar-refractivity contribution in [3.05, 3.63) is 42.0 Å². The zero-order valence-electron chi connectivity index (χ0n) is 21.6. The highest BCUT2D eigenvalue weighted by atomic mass is 16.5. The predicted octanol–water partition coefficient (Wildman–Crippen LogP) is 7.15. The van der Waals surface area contributed by atoms with Crippen molar-refractivity contribution in [2.75, 3.05) is 13.1 Å². The number of fused-ring (bicyclic) bond motifs is 1. The molecule has 2 atom stereocenters. The van der Waals surface area contributed by atoms with E-state index in [9.17, 15) is 9.90 Å². The zero-order valence-corrected chi connectivity index (χ0v) is 21.6. The van der Waals surface area contributed by atoms with Crippen LogP contribution in [0.2, 0.25) is 0 Å². The number of hydrogen-bond donors (Lipinski definition) is 1.